The minimum Gasteiger partial charge on any atom is -0.206 e. The van der Waals surface area contributed by atoms with Crippen molar-refractivity contribution >= 4 is 0 Å². The van der Waals surface area contributed by atoms with Crippen molar-refractivity contribution in [2.24, 2.45) is 5.92 Å². The van der Waals surface area contributed by atoms with Crippen LogP contribution in [0, 0.1) is 5.92 Å². The Kier molecular flexibility index (Phi) is 2.85. The highest BCUT2D eigenvalue weighted by Gasteiger charge is 2.08. The van der Waals surface area contributed by atoms with Gasteiger partial charge < -0.3 is 0 Å². The molecule has 0 heterocycles. The van der Waals surface area contributed by atoms with Crippen molar-refractivity contribution in [1.29, 1.82) is 0 Å². The molecule has 66 valence electrons. The van der Waals surface area contributed by atoms with Crippen molar-refractivity contribution < 1.29 is 4.39 Å². The number of hydrogen-bond donors (Lipinski definition) is 0. The lowest BCUT2D eigenvalue weighted by Gasteiger charge is -2.00. The van der Waals surface area contributed by atoms with Crippen LogP contribution in [0.25, 0.3) is 0 Å². The molecule has 0 aromatic rings. The van der Waals surface area contributed by atoms with E-state index in [-0.39, 0.29) is 5.83 Å². The van der Waals surface area contributed by atoms with E-state index in [9.17, 15) is 4.39 Å². The van der Waals surface area contributed by atoms with E-state index in [1.165, 1.54) is 0 Å². The Bertz CT molecular complexity index is 256. The van der Waals surface area contributed by atoms with Gasteiger partial charge in [0.2, 0.25) is 0 Å². The van der Waals surface area contributed by atoms with Gasteiger partial charge in [0.05, 0.1) is 0 Å². The second kappa shape index (κ2) is 3.70. The molecule has 0 saturated heterocycles. The molecular formula is C11H15F. The summed E-state index contributed by atoms with van der Waals surface area (Å²) >= 11 is 0. The molecule has 0 nitrogen and oxygen atoms in total. The van der Waals surface area contributed by atoms with E-state index in [2.05, 4.69) is 6.92 Å². The highest BCUT2D eigenvalue weighted by atomic mass is 19.1. The molecule has 0 aliphatic heterocycles. The van der Waals surface area contributed by atoms with Gasteiger partial charge in [-0.1, -0.05) is 32.1 Å². The van der Waals surface area contributed by atoms with E-state index < -0.39 is 0 Å². The summed E-state index contributed by atoms with van der Waals surface area (Å²) in [6.07, 6.45) is 6.65. The van der Waals surface area contributed by atoms with Crippen molar-refractivity contribution in [3.63, 3.8) is 0 Å². The van der Waals surface area contributed by atoms with Gasteiger partial charge in [0.25, 0.3) is 0 Å². The Morgan fingerprint density at radius 1 is 1.50 bits per heavy atom. The summed E-state index contributed by atoms with van der Waals surface area (Å²) in [6, 6.07) is 0. The molecule has 1 aliphatic carbocycles. The molecule has 0 aromatic heterocycles. The molecule has 0 radical (unpaired) electrons. The number of rotatable bonds is 1. The Balaban J connectivity index is 3.05. The monoisotopic (exact) mass is 166 g/mol. The minimum atomic E-state index is -0.0434. The van der Waals surface area contributed by atoms with E-state index in [0.29, 0.717) is 5.92 Å². The third kappa shape index (κ3) is 1.84. The minimum absolute atomic E-state index is 0.0434. The average Bonchev–Trinajstić information content (AvgIpc) is 2.14. The summed E-state index contributed by atoms with van der Waals surface area (Å²) in [5.74, 6) is 0.304. The summed E-state index contributed by atoms with van der Waals surface area (Å²) < 4.78 is 13.4. The van der Waals surface area contributed by atoms with Gasteiger partial charge in [0.1, 0.15) is 5.83 Å². The standard InChI is InChI=1S/C11H15F/c1-4-10-6-5-8(2)7-9(3)11(10)12/h5-8H,4H2,1-3H3. The zero-order chi connectivity index (χ0) is 9.14. The highest BCUT2D eigenvalue weighted by Crippen LogP contribution is 2.24. The number of hydrogen-bond acceptors (Lipinski definition) is 0. The second-order valence-corrected chi connectivity index (χ2v) is 3.26. The molecule has 0 amide bonds. The van der Waals surface area contributed by atoms with Crippen LogP contribution in [0.4, 0.5) is 4.39 Å². The molecule has 12 heavy (non-hydrogen) atoms. The molecular weight excluding hydrogens is 151 g/mol. The van der Waals surface area contributed by atoms with E-state index in [4.69, 9.17) is 0 Å². The average molecular weight is 166 g/mol. The molecule has 0 saturated carbocycles. The maximum atomic E-state index is 13.4. The smallest absolute Gasteiger partial charge is 0.128 e. The molecule has 1 aliphatic rings. The van der Waals surface area contributed by atoms with E-state index >= 15 is 0 Å². The molecule has 1 heteroatoms. The van der Waals surface area contributed by atoms with Gasteiger partial charge in [0, 0.05) is 0 Å². The fourth-order valence-corrected chi connectivity index (χ4v) is 1.39. The molecule has 1 unspecified atom stereocenters. The van der Waals surface area contributed by atoms with Crippen LogP contribution in [0.15, 0.2) is 35.2 Å². The molecule has 0 spiro atoms. The van der Waals surface area contributed by atoms with E-state index in [1.54, 1.807) is 0 Å². The van der Waals surface area contributed by atoms with Crippen LogP contribution in [-0.4, -0.2) is 0 Å². The van der Waals surface area contributed by atoms with E-state index in [0.717, 1.165) is 17.6 Å². The Morgan fingerprint density at radius 2 is 2.17 bits per heavy atom. The zero-order valence-corrected chi connectivity index (χ0v) is 7.89. The number of allylic oxidation sites excluding steroid dienone is 6. The Labute approximate surface area is 73.5 Å². The first-order valence-electron chi connectivity index (χ1n) is 4.40. The van der Waals surface area contributed by atoms with Crippen molar-refractivity contribution in [3.8, 4) is 0 Å². The van der Waals surface area contributed by atoms with E-state index in [1.807, 2.05) is 32.1 Å². The predicted molar refractivity (Wildman–Crippen MR) is 50.5 cm³/mol. The van der Waals surface area contributed by atoms with Gasteiger partial charge in [0.15, 0.2) is 0 Å². The first kappa shape index (κ1) is 9.24. The quantitative estimate of drug-likeness (QED) is 0.556. The van der Waals surface area contributed by atoms with Crippen molar-refractivity contribution in [2.45, 2.75) is 27.2 Å². The van der Waals surface area contributed by atoms with Crippen LogP contribution in [0.5, 0.6) is 0 Å². The first-order valence-corrected chi connectivity index (χ1v) is 4.40. The molecule has 1 rings (SSSR count). The maximum absolute atomic E-state index is 13.4. The van der Waals surface area contributed by atoms with Crippen molar-refractivity contribution in [1.82, 2.24) is 0 Å². The SMILES string of the molecule is CCC1=C(F)C(C)=CC(C)C=C1. The van der Waals surface area contributed by atoms with Crippen molar-refractivity contribution in [2.75, 3.05) is 0 Å². The summed E-state index contributed by atoms with van der Waals surface area (Å²) in [5.41, 5.74) is 1.58. The van der Waals surface area contributed by atoms with Crippen LogP contribution >= 0.6 is 0 Å². The zero-order valence-electron chi connectivity index (χ0n) is 7.89. The van der Waals surface area contributed by atoms with Crippen LogP contribution in [-0.2, 0) is 0 Å². The fourth-order valence-electron chi connectivity index (χ4n) is 1.39. The van der Waals surface area contributed by atoms with Crippen LogP contribution < -0.4 is 0 Å². The van der Waals surface area contributed by atoms with Crippen molar-refractivity contribution in [3.05, 3.63) is 35.2 Å². The summed E-state index contributed by atoms with van der Waals surface area (Å²) in [7, 11) is 0. The lowest BCUT2D eigenvalue weighted by molar-refractivity contribution is 0.637. The Hall–Kier alpha value is -0.850. The predicted octanol–water partition coefficient (Wildman–Crippen LogP) is 3.77. The molecule has 0 fully saturated rings. The van der Waals surface area contributed by atoms with Crippen LogP contribution in [0.2, 0.25) is 0 Å². The molecule has 1 atom stereocenters. The maximum Gasteiger partial charge on any atom is 0.128 e. The largest absolute Gasteiger partial charge is 0.206 e. The summed E-state index contributed by atoms with van der Waals surface area (Å²) in [5, 5.41) is 0. The lowest BCUT2D eigenvalue weighted by atomic mass is 10.1. The van der Waals surface area contributed by atoms with Gasteiger partial charge in [-0.3, -0.25) is 0 Å². The summed E-state index contributed by atoms with van der Waals surface area (Å²) in [6.45, 7) is 5.86. The molecule has 0 aromatic carbocycles. The Morgan fingerprint density at radius 3 is 2.75 bits per heavy atom. The van der Waals surface area contributed by atoms with Gasteiger partial charge in [-0.25, -0.2) is 4.39 Å². The number of halogens is 1. The second-order valence-electron chi connectivity index (χ2n) is 3.26. The fraction of sp³-hybridized carbons (Fsp3) is 0.455. The van der Waals surface area contributed by atoms with Gasteiger partial charge in [-0.2, -0.15) is 0 Å². The topological polar surface area (TPSA) is 0 Å². The summed E-state index contributed by atoms with van der Waals surface area (Å²) in [4.78, 5) is 0. The van der Waals surface area contributed by atoms with Crippen LogP contribution in [0.3, 0.4) is 0 Å². The lowest BCUT2D eigenvalue weighted by Crippen LogP contribution is -1.84. The van der Waals surface area contributed by atoms with Crippen LogP contribution in [0.1, 0.15) is 27.2 Å². The normalized spacial score (nSPS) is 24.0. The van der Waals surface area contributed by atoms with Gasteiger partial charge in [-0.15, -0.1) is 0 Å². The highest BCUT2D eigenvalue weighted by molar-refractivity contribution is 5.38. The molecule has 0 N–H and O–H groups in total. The third-order valence-corrected chi connectivity index (χ3v) is 2.12. The molecule has 0 bridgehead atoms. The first-order chi connectivity index (χ1) is 5.65. The third-order valence-electron chi connectivity index (χ3n) is 2.12. The van der Waals surface area contributed by atoms with Gasteiger partial charge in [-0.05, 0) is 30.4 Å². The van der Waals surface area contributed by atoms with Gasteiger partial charge >= 0.3 is 0 Å².